The standard InChI is InChI=1S/C25H31N3O4/c1-3-4-5-9-16-25(2)23(30)28(24(31)27-25)17-22(29)26-20-12-14-21(15-13-20)32-18-19-10-7-6-8-11-19/h6-8,10-15H,3-5,9,16-18H2,1-2H3,(H,26,29)(H,27,31). The first kappa shape index (κ1) is 23.3. The second-order valence-electron chi connectivity index (χ2n) is 8.31. The number of amides is 4. The molecule has 3 rings (SSSR count). The topological polar surface area (TPSA) is 87.7 Å². The maximum absolute atomic E-state index is 12.8. The van der Waals surface area contributed by atoms with E-state index in [1.54, 1.807) is 31.2 Å². The number of carbonyl (C=O) groups is 3. The van der Waals surface area contributed by atoms with Crippen LogP contribution in [0.2, 0.25) is 0 Å². The van der Waals surface area contributed by atoms with E-state index in [4.69, 9.17) is 4.74 Å². The third-order valence-electron chi connectivity index (χ3n) is 5.56. The van der Waals surface area contributed by atoms with Gasteiger partial charge in [-0.1, -0.05) is 62.9 Å². The third-order valence-corrected chi connectivity index (χ3v) is 5.56. The molecule has 2 aromatic carbocycles. The highest BCUT2D eigenvalue weighted by atomic mass is 16.5. The van der Waals surface area contributed by atoms with Crippen molar-refractivity contribution in [2.45, 2.75) is 58.1 Å². The monoisotopic (exact) mass is 437 g/mol. The predicted octanol–water partition coefficient (Wildman–Crippen LogP) is 4.49. The first-order valence-electron chi connectivity index (χ1n) is 11.1. The van der Waals surface area contributed by atoms with Gasteiger partial charge in [-0.3, -0.25) is 14.5 Å². The molecule has 0 bridgehead atoms. The lowest BCUT2D eigenvalue weighted by atomic mass is 9.94. The average Bonchev–Trinajstić information content (AvgIpc) is 3.00. The van der Waals surface area contributed by atoms with Crippen molar-refractivity contribution >= 4 is 23.5 Å². The Hall–Kier alpha value is -3.35. The summed E-state index contributed by atoms with van der Waals surface area (Å²) in [6, 6.07) is 16.3. The van der Waals surface area contributed by atoms with E-state index in [1.165, 1.54) is 0 Å². The third kappa shape index (κ3) is 6.09. The number of nitrogens with one attached hydrogen (secondary N) is 2. The summed E-state index contributed by atoms with van der Waals surface area (Å²) in [5.74, 6) is -0.0970. The van der Waals surface area contributed by atoms with Crippen LogP contribution in [0, 0.1) is 0 Å². The number of carbonyl (C=O) groups excluding carboxylic acids is 3. The maximum Gasteiger partial charge on any atom is 0.325 e. The van der Waals surface area contributed by atoms with Gasteiger partial charge >= 0.3 is 6.03 Å². The Morgan fingerprint density at radius 2 is 1.75 bits per heavy atom. The molecule has 7 nitrogen and oxygen atoms in total. The van der Waals surface area contributed by atoms with Gasteiger partial charge in [0.15, 0.2) is 0 Å². The van der Waals surface area contributed by atoms with Crippen molar-refractivity contribution in [1.82, 2.24) is 10.2 Å². The molecule has 0 aliphatic carbocycles. The molecule has 7 heteroatoms. The number of unbranched alkanes of at least 4 members (excludes halogenated alkanes) is 3. The Kier molecular flexibility index (Phi) is 7.87. The number of rotatable bonds is 11. The highest BCUT2D eigenvalue weighted by Gasteiger charge is 2.47. The summed E-state index contributed by atoms with van der Waals surface area (Å²) in [5.41, 5.74) is 0.690. The van der Waals surface area contributed by atoms with Crippen molar-refractivity contribution < 1.29 is 19.1 Å². The minimum Gasteiger partial charge on any atom is -0.489 e. The molecule has 1 aliphatic rings. The van der Waals surface area contributed by atoms with Crippen molar-refractivity contribution in [3.63, 3.8) is 0 Å². The largest absolute Gasteiger partial charge is 0.489 e. The lowest BCUT2D eigenvalue weighted by Gasteiger charge is -2.21. The molecule has 1 saturated heterocycles. The number of imide groups is 1. The molecule has 2 N–H and O–H groups in total. The van der Waals surface area contributed by atoms with Crippen LogP contribution in [0.25, 0.3) is 0 Å². The van der Waals surface area contributed by atoms with Crippen LogP contribution < -0.4 is 15.4 Å². The molecule has 0 aromatic heterocycles. The van der Waals surface area contributed by atoms with Crippen LogP contribution in [0.5, 0.6) is 5.75 Å². The van der Waals surface area contributed by atoms with Gasteiger partial charge in [0.05, 0.1) is 0 Å². The van der Waals surface area contributed by atoms with Crippen molar-refractivity contribution in [1.29, 1.82) is 0 Å². The molecule has 1 unspecified atom stereocenters. The lowest BCUT2D eigenvalue weighted by Crippen LogP contribution is -2.44. The zero-order valence-corrected chi connectivity index (χ0v) is 18.7. The Morgan fingerprint density at radius 1 is 1.03 bits per heavy atom. The molecule has 1 atom stereocenters. The average molecular weight is 438 g/mol. The first-order valence-corrected chi connectivity index (χ1v) is 11.1. The maximum atomic E-state index is 12.8. The fraction of sp³-hybridized carbons (Fsp3) is 0.400. The normalized spacial score (nSPS) is 17.9. The van der Waals surface area contributed by atoms with Crippen LogP contribution in [0.4, 0.5) is 10.5 Å². The van der Waals surface area contributed by atoms with Gasteiger partial charge in [-0.2, -0.15) is 0 Å². The van der Waals surface area contributed by atoms with Gasteiger partial charge in [0.2, 0.25) is 5.91 Å². The van der Waals surface area contributed by atoms with Crippen molar-refractivity contribution in [3.8, 4) is 5.75 Å². The van der Waals surface area contributed by atoms with E-state index in [0.29, 0.717) is 24.5 Å². The summed E-state index contributed by atoms with van der Waals surface area (Å²) in [5, 5.41) is 5.48. The van der Waals surface area contributed by atoms with E-state index >= 15 is 0 Å². The van der Waals surface area contributed by atoms with E-state index in [-0.39, 0.29) is 12.5 Å². The van der Waals surface area contributed by atoms with E-state index in [2.05, 4.69) is 17.6 Å². The van der Waals surface area contributed by atoms with Gasteiger partial charge in [-0.25, -0.2) is 4.79 Å². The highest BCUT2D eigenvalue weighted by Crippen LogP contribution is 2.24. The number of urea groups is 1. The molecule has 32 heavy (non-hydrogen) atoms. The van der Waals surface area contributed by atoms with Crippen LogP contribution >= 0.6 is 0 Å². The Labute approximate surface area is 189 Å². The highest BCUT2D eigenvalue weighted by molar-refractivity contribution is 6.09. The van der Waals surface area contributed by atoms with Crippen LogP contribution in [-0.4, -0.2) is 34.8 Å². The summed E-state index contributed by atoms with van der Waals surface area (Å²) in [7, 11) is 0. The molecule has 0 radical (unpaired) electrons. The Morgan fingerprint density at radius 3 is 2.44 bits per heavy atom. The van der Waals surface area contributed by atoms with Gasteiger partial charge in [0.25, 0.3) is 5.91 Å². The van der Waals surface area contributed by atoms with Crippen molar-refractivity contribution in [2.75, 3.05) is 11.9 Å². The number of nitrogens with zero attached hydrogens (tertiary/aromatic N) is 1. The molecule has 4 amide bonds. The van der Waals surface area contributed by atoms with E-state index < -0.39 is 17.5 Å². The van der Waals surface area contributed by atoms with Gasteiger partial charge in [0, 0.05) is 5.69 Å². The molecular weight excluding hydrogens is 406 g/mol. The van der Waals surface area contributed by atoms with Crippen LogP contribution in [0.15, 0.2) is 54.6 Å². The minimum absolute atomic E-state index is 0.318. The minimum atomic E-state index is -0.942. The molecule has 2 aromatic rings. The number of anilines is 1. The van der Waals surface area contributed by atoms with Gasteiger partial charge in [-0.15, -0.1) is 0 Å². The van der Waals surface area contributed by atoms with Gasteiger partial charge in [0.1, 0.15) is 24.4 Å². The van der Waals surface area contributed by atoms with E-state index in [9.17, 15) is 14.4 Å². The quantitative estimate of drug-likeness (QED) is 0.401. The van der Waals surface area contributed by atoms with Crippen LogP contribution in [-0.2, 0) is 16.2 Å². The van der Waals surface area contributed by atoms with E-state index in [1.807, 2.05) is 30.3 Å². The smallest absolute Gasteiger partial charge is 0.325 e. The second-order valence-corrected chi connectivity index (χ2v) is 8.31. The molecular formula is C25H31N3O4. The second kappa shape index (κ2) is 10.8. The molecule has 1 fully saturated rings. The fourth-order valence-corrected chi connectivity index (χ4v) is 3.68. The fourth-order valence-electron chi connectivity index (χ4n) is 3.68. The van der Waals surface area contributed by atoms with E-state index in [0.717, 1.165) is 36.1 Å². The number of ether oxygens (including phenoxy) is 1. The van der Waals surface area contributed by atoms with Crippen LogP contribution in [0.1, 0.15) is 51.5 Å². The predicted molar refractivity (Wildman–Crippen MR) is 123 cm³/mol. The van der Waals surface area contributed by atoms with Crippen molar-refractivity contribution in [3.05, 3.63) is 60.2 Å². The molecule has 170 valence electrons. The number of hydrogen-bond donors (Lipinski definition) is 2. The molecule has 0 saturated carbocycles. The Bertz CT molecular complexity index is 930. The molecule has 0 spiro atoms. The summed E-state index contributed by atoms with van der Waals surface area (Å²) in [6.07, 6.45) is 4.64. The van der Waals surface area contributed by atoms with Crippen LogP contribution in [0.3, 0.4) is 0 Å². The first-order chi connectivity index (χ1) is 15.4. The summed E-state index contributed by atoms with van der Waals surface area (Å²) in [6.45, 7) is 3.98. The lowest BCUT2D eigenvalue weighted by molar-refractivity contribution is -0.133. The zero-order valence-electron chi connectivity index (χ0n) is 18.7. The molecule has 1 heterocycles. The van der Waals surface area contributed by atoms with Gasteiger partial charge in [-0.05, 0) is 43.2 Å². The van der Waals surface area contributed by atoms with Crippen molar-refractivity contribution in [2.24, 2.45) is 0 Å². The summed E-state index contributed by atoms with van der Waals surface area (Å²) >= 11 is 0. The van der Waals surface area contributed by atoms with Gasteiger partial charge < -0.3 is 15.4 Å². The summed E-state index contributed by atoms with van der Waals surface area (Å²) in [4.78, 5) is 38.5. The summed E-state index contributed by atoms with van der Waals surface area (Å²) < 4.78 is 5.74. The Balaban J connectivity index is 1.49. The molecule has 1 aliphatic heterocycles. The number of hydrogen-bond acceptors (Lipinski definition) is 4. The zero-order chi connectivity index (χ0) is 23.0. The number of benzene rings is 2. The SMILES string of the molecule is CCCCCCC1(C)NC(=O)N(CC(=O)Nc2ccc(OCc3ccccc3)cc2)C1=O.